The van der Waals surface area contributed by atoms with Gasteiger partial charge in [0.05, 0.1) is 18.2 Å². The van der Waals surface area contributed by atoms with Gasteiger partial charge in [-0.25, -0.2) is 4.39 Å². The normalized spacial score (nSPS) is 15.6. The van der Waals surface area contributed by atoms with Gasteiger partial charge in [0, 0.05) is 16.6 Å². The second kappa shape index (κ2) is 8.69. The molecule has 2 aromatic carbocycles. The van der Waals surface area contributed by atoms with E-state index in [0.717, 1.165) is 37.2 Å². The van der Waals surface area contributed by atoms with Crippen molar-refractivity contribution in [2.75, 3.05) is 26.7 Å². The topological polar surface area (TPSA) is 41.6 Å². The van der Waals surface area contributed by atoms with Crippen LogP contribution in [0, 0.1) is 5.82 Å². The van der Waals surface area contributed by atoms with Gasteiger partial charge in [-0.15, -0.1) is 11.3 Å². The summed E-state index contributed by atoms with van der Waals surface area (Å²) in [5.74, 6) is 0.243. The Morgan fingerprint density at radius 3 is 2.66 bits per heavy atom. The van der Waals surface area contributed by atoms with Gasteiger partial charge in [-0.3, -0.25) is 9.69 Å². The van der Waals surface area contributed by atoms with Gasteiger partial charge >= 0.3 is 0 Å². The number of thiophene rings is 1. The van der Waals surface area contributed by atoms with Crippen LogP contribution in [0.4, 0.5) is 4.39 Å². The van der Waals surface area contributed by atoms with Crippen molar-refractivity contribution >= 4 is 38.9 Å². The molecule has 4 nitrogen and oxygen atoms in total. The monoisotopic (exact) mass is 432 g/mol. The highest BCUT2D eigenvalue weighted by molar-refractivity contribution is 7.21. The van der Waals surface area contributed by atoms with E-state index in [2.05, 4.69) is 10.2 Å². The Kier molecular flexibility index (Phi) is 6.04. The van der Waals surface area contributed by atoms with Gasteiger partial charge in [-0.05, 0) is 61.8 Å². The molecule has 7 heteroatoms. The van der Waals surface area contributed by atoms with Crippen LogP contribution in [0.25, 0.3) is 10.1 Å². The first-order valence-electron chi connectivity index (χ1n) is 9.60. The fraction of sp³-hybridized carbons (Fsp3) is 0.318. The first kappa shape index (κ1) is 20.1. The number of hydrogen-bond donors (Lipinski definition) is 1. The molecule has 1 fully saturated rings. The summed E-state index contributed by atoms with van der Waals surface area (Å²) in [5.41, 5.74) is 1.14. The number of rotatable bonds is 6. The summed E-state index contributed by atoms with van der Waals surface area (Å²) >= 11 is 7.62. The van der Waals surface area contributed by atoms with Crippen molar-refractivity contribution in [1.82, 2.24) is 10.2 Å². The van der Waals surface area contributed by atoms with Gasteiger partial charge in [0.2, 0.25) is 0 Å². The highest BCUT2D eigenvalue weighted by Crippen LogP contribution is 2.36. The van der Waals surface area contributed by atoms with Gasteiger partial charge in [0.25, 0.3) is 5.91 Å². The van der Waals surface area contributed by atoms with Crippen LogP contribution in [-0.4, -0.2) is 37.6 Å². The van der Waals surface area contributed by atoms with E-state index in [0.29, 0.717) is 26.5 Å². The summed E-state index contributed by atoms with van der Waals surface area (Å²) in [5, 5.41) is 4.12. The number of hydrogen-bond acceptors (Lipinski definition) is 4. The molecule has 1 saturated heterocycles. The number of amides is 1. The second-order valence-electron chi connectivity index (χ2n) is 7.13. The molecular formula is C22H22ClFN2O2S. The standard InChI is InChI=1S/C22H22ClFN2O2S/c1-28-16-7-4-14(5-8-16)18(26-10-2-3-11-26)13-25-22(27)21-20(23)17-9-6-15(24)12-19(17)29-21/h4-9,12,18H,2-3,10-11,13H2,1H3,(H,25,27). The highest BCUT2D eigenvalue weighted by atomic mass is 35.5. The van der Waals surface area contributed by atoms with E-state index in [1.54, 1.807) is 13.2 Å². The van der Waals surface area contributed by atoms with Crippen molar-refractivity contribution in [2.45, 2.75) is 18.9 Å². The predicted octanol–water partition coefficient (Wildman–Crippen LogP) is 5.27. The van der Waals surface area contributed by atoms with Gasteiger partial charge in [-0.2, -0.15) is 0 Å². The highest BCUT2D eigenvalue weighted by Gasteiger charge is 2.25. The molecule has 1 unspecified atom stereocenters. The molecular weight excluding hydrogens is 411 g/mol. The first-order chi connectivity index (χ1) is 14.1. The number of halogens is 2. The Labute approximate surface area is 178 Å². The molecule has 29 heavy (non-hydrogen) atoms. The molecule has 0 radical (unpaired) electrons. The Morgan fingerprint density at radius 2 is 1.97 bits per heavy atom. The Bertz CT molecular complexity index is 1020. The number of carbonyl (C=O) groups is 1. The lowest BCUT2D eigenvalue weighted by Crippen LogP contribution is -2.36. The van der Waals surface area contributed by atoms with Crippen LogP contribution < -0.4 is 10.1 Å². The van der Waals surface area contributed by atoms with Crippen LogP contribution in [0.5, 0.6) is 5.75 Å². The number of ether oxygens (including phenoxy) is 1. The number of fused-ring (bicyclic) bond motifs is 1. The molecule has 0 saturated carbocycles. The maximum Gasteiger partial charge on any atom is 0.262 e. The largest absolute Gasteiger partial charge is 0.497 e. The second-order valence-corrected chi connectivity index (χ2v) is 8.56. The molecule has 152 valence electrons. The van der Waals surface area contributed by atoms with Crippen molar-refractivity contribution in [3.8, 4) is 5.75 Å². The molecule has 0 spiro atoms. The molecule has 1 atom stereocenters. The summed E-state index contributed by atoms with van der Waals surface area (Å²) in [6, 6.07) is 12.4. The van der Waals surface area contributed by atoms with Crippen LogP contribution in [0.15, 0.2) is 42.5 Å². The molecule has 1 aliphatic rings. The van der Waals surface area contributed by atoms with Gasteiger partial charge in [0.1, 0.15) is 16.4 Å². The van der Waals surface area contributed by atoms with Crippen molar-refractivity contribution < 1.29 is 13.9 Å². The maximum atomic E-state index is 13.5. The first-order valence-corrected chi connectivity index (χ1v) is 10.8. The molecule has 4 rings (SSSR count). The van der Waals surface area contributed by atoms with Gasteiger partial charge < -0.3 is 10.1 Å². The molecule has 0 bridgehead atoms. The smallest absolute Gasteiger partial charge is 0.262 e. The van der Waals surface area contributed by atoms with E-state index in [9.17, 15) is 9.18 Å². The van der Waals surface area contributed by atoms with Crippen molar-refractivity contribution in [1.29, 1.82) is 0 Å². The molecule has 1 N–H and O–H groups in total. The number of likely N-dealkylation sites (tertiary alicyclic amines) is 1. The van der Waals surface area contributed by atoms with E-state index in [1.165, 1.54) is 23.5 Å². The van der Waals surface area contributed by atoms with Crippen LogP contribution >= 0.6 is 22.9 Å². The van der Waals surface area contributed by atoms with E-state index < -0.39 is 0 Å². The fourth-order valence-electron chi connectivity index (χ4n) is 3.79. The van der Waals surface area contributed by atoms with E-state index in [1.807, 2.05) is 24.3 Å². The zero-order chi connectivity index (χ0) is 20.4. The minimum atomic E-state index is -0.337. The Morgan fingerprint density at radius 1 is 1.24 bits per heavy atom. The lowest BCUT2D eigenvalue weighted by atomic mass is 10.1. The van der Waals surface area contributed by atoms with Crippen LogP contribution in [-0.2, 0) is 0 Å². The van der Waals surface area contributed by atoms with Crippen LogP contribution in [0.3, 0.4) is 0 Å². The van der Waals surface area contributed by atoms with E-state index >= 15 is 0 Å². The minimum Gasteiger partial charge on any atom is -0.497 e. The lowest BCUT2D eigenvalue weighted by Gasteiger charge is -2.28. The van der Waals surface area contributed by atoms with Crippen LogP contribution in [0.1, 0.15) is 34.1 Å². The zero-order valence-electron chi connectivity index (χ0n) is 16.1. The van der Waals surface area contributed by atoms with Crippen molar-refractivity contribution in [3.63, 3.8) is 0 Å². The molecule has 3 aromatic rings. The summed E-state index contributed by atoms with van der Waals surface area (Å²) < 4.78 is 19.4. The number of benzene rings is 2. The maximum absolute atomic E-state index is 13.5. The summed E-state index contributed by atoms with van der Waals surface area (Å²) in [6.45, 7) is 2.50. The van der Waals surface area contributed by atoms with E-state index in [-0.39, 0.29) is 17.8 Å². The lowest BCUT2D eigenvalue weighted by molar-refractivity contribution is 0.0942. The molecule has 1 amide bonds. The fourth-order valence-corrected chi connectivity index (χ4v) is 5.25. The third kappa shape index (κ3) is 4.25. The number of carbonyl (C=O) groups excluding carboxylic acids is 1. The quantitative estimate of drug-likeness (QED) is 0.577. The van der Waals surface area contributed by atoms with Crippen LogP contribution in [0.2, 0.25) is 5.02 Å². The van der Waals surface area contributed by atoms with Gasteiger partial charge in [-0.1, -0.05) is 23.7 Å². The zero-order valence-corrected chi connectivity index (χ0v) is 17.7. The number of nitrogens with one attached hydrogen (secondary N) is 1. The average Bonchev–Trinajstić information content (AvgIpc) is 3.37. The van der Waals surface area contributed by atoms with Crippen molar-refractivity contribution in [3.05, 3.63) is 63.7 Å². The third-order valence-electron chi connectivity index (χ3n) is 5.34. The molecule has 0 aliphatic carbocycles. The Hall–Kier alpha value is -2.15. The van der Waals surface area contributed by atoms with Gasteiger partial charge in [0.15, 0.2) is 0 Å². The molecule has 1 aliphatic heterocycles. The SMILES string of the molecule is COc1ccc(C(CNC(=O)c2sc3cc(F)ccc3c2Cl)N2CCCC2)cc1. The summed E-state index contributed by atoms with van der Waals surface area (Å²) in [7, 11) is 1.65. The molecule has 1 aromatic heterocycles. The summed E-state index contributed by atoms with van der Waals surface area (Å²) in [4.78, 5) is 15.7. The number of methoxy groups -OCH3 is 1. The summed E-state index contributed by atoms with van der Waals surface area (Å²) in [6.07, 6.45) is 2.32. The third-order valence-corrected chi connectivity index (χ3v) is 6.99. The molecule has 2 heterocycles. The number of nitrogens with zero attached hydrogens (tertiary/aromatic N) is 1. The predicted molar refractivity (Wildman–Crippen MR) is 116 cm³/mol. The minimum absolute atomic E-state index is 0.0814. The average molecular weight is 433 g/mol. The van der Waals surface area contributed by atoms with Crippen molar-refractivity contribution in [2.24, 2.45) is 0 Å². The Balaban J connectivity index is 1.53. The van der Waals surface area contributed by atoms with E-state index in [4.69, 9.17) is 16.3 Å².